The van der Waals surface area contributed by atoms with Gasteiger partial charge in [0.1, 0.15) is 5.82 Å². The fourth-order valence-electron chi connectivity index (χ4n) is 2.47. The van der Waals surface area contributed by atoms with E-state index in [-0.39, 0.29) is 5.91 Å². The zero-order chi connectivity index (χ0) is 17.8. The van der Waals surface area contributed by atoms with Gasteiger partial charge < -0.3 is 10.2 Å². The Labute approximate surface area is 151 Å². The van der Waals surface area contributed by atoms with Gasteiger partial charge in [-0.3, -0.25) is 4.79 Å². The van der Waals surface area contributed by atoms with E-state index in [4.69, 9.17) is 0 Å². The highest BCUT2D eigenvalue weighted by molar-refractivity contribution is 7.98. The molecule has 0 aliphatic heterocycles. The third-order valence-electron chi connectivity index (χ3n) is 3.81. The van der Waals surface area contributed by atoms with Gasteiger partial charge in [-0.1, -0.05) is 24.3 Å². The first-order valence-corrected chi connectivity index (χ1v) is 9.09. The summed E-state index contributed by atoms with van der Waals surface area (Å²) in [5.41, 5.74) is 2.49. The Morgan fingerprint density at radius 2 is 1.88 bits per heavy atom. The lowest BCUT2D eigenvalue weighted by atomic mass is 10.2. The maximum atomic E-state index is 12.8. The van der Waals surface area contributed by atoms with Crippen LogP contribution in [0.1, 0.15) is 10.4 Å². The number of rotatable bonds is 5. The summed E-state index contributed by atoms with van der Waals surface area (Å²) in [4.78, 5) is 15.6. The van der Waals surface area contributed by atoms with Crippen molar-refractivity contribution in [3.05, 3.63) is 66.4 Å². The Morgan fingerprint density at radius 1 is 1.12 bits per heavy atom. The first-order chi connectivity index (χ1) is 12.1. The second-order valence-electron chi connectivity index (χ2n) is 5.71. The largest absolute Gasteiger partial charge is 0.378 e. The van der Waals surface area contributed by atoms with Crippen LogP contribution in [-0.2, 0) is 0 Å². The predicted octanol–water partition coefficient (Wildman–Crippen LogP) is 3.91. The Hall–Kier alpha value is -2.73. The van der Waals surface area contributed by atoms with Crippen LogP contribution in [0, 0.1) is 0 Å². The summed E-state index contributed by atoms with van der Waals surface area (Å²) in [6.45, 7) is 0. The number of amides is 1. The van der Waals surface area contributed by atoms with Gasteiger partial charge in [0, 0.05) is 25.3 Å². The van der Waals surface area contributed by atoms with Gasteiger partial charge in [-0.25, -0.2) is 4.68 Å². The van der Waals surface area contributed by atoms with E-state index >= 15 is 0 Å². The van der Waals surface area contributed by atoms with Gasteiger partial charge in [-0.05, 0) is 36.6 Å². The summed E-state index contributed by atoms with van der Waals surface area (Å²) in [6.07, 6.45) is 3.73. The highest BCUT2D eigenvalue weighted by atomic mass is 32.2. The van der Waals surface area contributed by atoms with Crippen LogP contribution in [-0.4, -0.2) is 36.0 Å². The van der Waals surface area contributed by atoms with Crippen LogP contribution in [0.15, 0.2) is 65.7 Å². The average molecular weight is 352 g/mol. The van der Waals surface area contributed by atoms with Crippen LogP contribution in [0.3, 0.4) is 0 Å². The zero-order valence-corrected chi connectivity index (χ0v) is 15.2. The molecule has 0 fully saturated rings. The molecule has 1 heterocycles. The lowest BCUT2D eigenvalue weighted by Crippen LogP contribution is -2.17. The van der Waals surface area contributed by atoms with Crippen LogP contribution in [0.5, 0.6) is 0 Å². The molecule has 0 unspecified atom stereocenters. The molecule has 0 spiro atoms. The molecule has 3 aromatic rings. The van der Waals surface area contributed by atoms with Crippen molar-refractivity contribution in [1.82, 2.24) is 9.78 Å². The molecular weight excluding hydrogens is 332 g/mol. The van der Waals surface area contributed by atoms with Gasteiger partial charge in [-0.15, -0.1) is 11.8 Å². The molecule has 5 nitrogen and oxygen atoms in total. The number of hydrogen-bond donors (Lipinski definition) is 1. The van der Waals surface area contributed by atoms with Crippen molar-refractivity contribution < 1.29 is 4.79 Å². The summed E-state index contributed by atoms with van der Waals surface area (Å²) in [7, 11) is 3.90. The second-order valence-corrected chi connectivity index (χ2v) is 6.56. The summed E-state index contributed by atoms with van der Waals surface area (Å²) in [5, 5.41) is 7.44. The predicted molar refractivity (Wildman–Crippen MR) is 104 cm³/mol. The minimum absolute atomic E-state index is 0.156. The number of nitrogens with zero attached hydrogens (tertiary/aromatic N) is 3. The van der Waals surface area contributed by atoms with E-state index in [1.54, 1.807) is 22.6 Å². The maximum Gasteiger partial charge on any atom is 0.256 e. The standard InChI is InChI=1S/C19H20N4OS/c1-22(2)16-11-7-8-14(12-16)19(24)21-18-17(25-3)13-20-23(18)15-9-5-4-6-10-15/h4-13H,1-3H3,(H,21,24). The number of carbonyl (C=O) groups is 1. The van der Waals surface area contributed by atoms with Crippen molar-refractivity contribution in [3.8, 4) is 5.69 Å². The Kier molecular flexibility index (Phi) is 5.09. The molecule has 0 atom stereocenters. The van der Waals surface area contributed by atoms with E-state index in [2.05, 4.69) is 10.4 Å². The topological polar surface area (TPSA) is 50.2 Å². The number of benzene rings is 2. The number of carbonyl (C=O) groups excluding carboxylic acids is 1. The summed E-state index contributed by atoms with van der Waals surface area (Å²) >= 11 is 1.55. The van der Waals surface area contributed by atoms with Crippen molar-refractivity contribution in [2.24, 2.45) is 0 Å². The van der Waals surface area contributed by atoms with E-state index in [1.165, 1.54) is 0 Å². The molecule has 1 aromatic heterocycles. The number of thioether (sulfide) groups is 1. The van der Waals surface area contributed by atoms with Gasteiger partial charge in [-0.2, -0.15) is 5.10 Å². The molecule has 0 aliphatic carbocycles. The quantitative estimate of drug-likeness (QED) is 0.707. The monoisotopic (exact) mass is 352 g/mol. The molecule has 2 aromatic carbocycles. The van der Waals surface area contributed by atoms with Gasteiger partial charge >= 0.3 is 0 Å². The Balaban J connectivity index is 1.93. The number of hydrogen-bond acceptors (Lipinski definition) is 4. The van der Waals surface area contributed by atoms with E-state index in [9.17, 15) is 4.79 Å². The SMILES string of the molecule is CSc1cnn(-c2ccccc2)c1NC(=O)c1cccc(N(C)C)c1. The third kappa shape index (κ3) is 3.69. The number of para-hydroxylation sites is 1. The van der Waals surface area contributed by atoms with E-state index in [0.717, 1.165) is 16.3 Å². The van der Waals surface area contributed by atoms with E-state index in [1.807, 2.05) is 79.8 Å². The molecule has 0 saturated carbocycles. The normalized spacial score (nSPS) is 10.5. The molecule has 0 bridgehead atoms. The highest BCUT2D eigenvalue weighted by Gasteiger charge is 2.16. The van der Waals surface area contributed by atoms with E-state index in [0.29, 0.717) is 11.4 Å². The van der Waals surface area contributed by atoms with Crippen molar-refractivity contribution >= 4 is 29.2 Å². The van der Waals surface area contributed by atoms with Crippen molar-refractivity contribution in [1.29, 1.82) is 0 Å². The van der Waals surface area contributed by atoms with Crippen LogP contribution in [0.4, 0.5) is 11.5 Å². The Bertz CT molecular complexity index is 874. The van der Waals surface area contributed by atoms with Gasteiger partial charge in [0.2, 0.25) is 0 Å². The van der Waals surface area contributed by atoms with Crippen molar-refractivity contribution in [2.75, 3.05) is 30.6 Å². The van der Waals surface area contributed by atoms with Gasteiger partial charge in [0.25, 0.3) is 5.91 Å². The van der Waals surface area contributed by atoms with Crippen molar-refractivity contribution in [3.63, 3.8) is 0 Å². The fraction of sp³-hybridized carbons (Fsp3) is 0.158. The maximum absolute atomic E-state index is 12.8. The van der Waals surface area contributed by atoms with Gasteiger partial charge in [0.05, 0.1) is 16.8 Å². The lowest BCUT2D eigenvalue weighted by Gasteiger charge is -2.14. The average Bonchev–Trinajstić information content (AvgIpc) is 3.05. The molecule has 0 radical (unpaired) electrons. The second kappa shape index (κ2) is 7.44. The number of aromatic nitrogens is 2. The highest BCUT2D eigenvalue weighted by Crippen LogP contribution is 2.28. The van der Waals surface area contributed by atoms with Crippen LogP contribution < -0.4 is 10.2 Å². The minimum atomic E-state index is -0.156. The number of anilines is 2. The smallest absolute Gasteiger partial charge is 0.256 e. The Morgan fingerprint density at radius 3 is 2.56 bits per heavy atom. The van der Waals surface area contributed by atoms with Crippen LogP contribution >= 0.6 is 11.8 Å². The van der Waals surface area contributed by atoms with Crippen LogP contribution in [0.2, 0.25) is 0 Å². The first kappa shape index (κ1) is 17.1. The first-order valence-electron chi connectivity index (χ1n) is 7.86. The lowest BCUT2D eigenvalue weighted by molar-refractivity contribution is 0.102. The molecule has 25 heavy (non-hydrogen) atoms. The molecule has 3 rings (SSSR count). The molecule has 1 amide bonds. The zero-order valence-electron chi connectivity index (χ0n) is 14.4. The summed E-state index contributed by atoms with van der Waals surface area (Å²) in [6, 6.07) is 17.3. The van der Waals surface area contributed by atoms with E-state index < -0.39 is 0 Å². The molecular formula is C19H20N4OS. The summed E-state index contributed by atoms with van der Waals surface area (Å²) in [5.74, 6) is 0.524. The summed E-state index contributed by atoms with van der Waals surface area (Å²) < 4.78 is 1.75. The molecule has 1 N–H and O–H groups in total. The molecule has 6 heteroatoms. The van der Waals surface area contributed by atoms with Crippen molar-refractivity contribution in [2.45, 2.75) is 4.90 Å². The third-order valence-corrected chi connectivity index (χ3v) is 4.55. The molecule has 0 aliphatic rings. The minimum Gasteiger partial charge on any atom is -0.378 e. The molecule has 0 saturated heterocycles. The molecule has 128 valence electrons. The number of nitrogens with one attached hydrogen (secondary N) is 1. The fourth-order valence-corrected chi connectivity index (χ4v) is 2.95. The van der Waals surface area contributed by atoms with Gasteiger partial charge in [0.15, 0.2) is 0 Å². The van der Waals surface area contributed by atoms with Crippen LogP contribution in [0.25, 0.3) is 5.69 Å².